The lowest BCUT2D eigenvalue weighted by Crippen LogP contribution is -2.43. The quantitative estimate of drug-likeness (QED) is 0.789. The van der Waals surface area contributed by atoms with E-state index in [1.54, 1.807) is 0 Å². The summed E-state index contributed by atoms with van der Waals surface area (Å²) in [4.78, 5) is 14.3. The molecule has 0 aromatic carbocycles. The molecule has 3 aliphatic rings. The molecule has 1 saturated heterocycles. The zero-order valence-corrected chi connectivity index (χ0v) is 10.1. The van der Waals surface area contributed by atoms with Crippen LogP contribution in [-0.2, 0) is 4.79 Å². The first-order valence-electron chi connectivity index (χ1n) is 6.82. The summed E-state index contributed by atoms with van der Waals surface area (Å²) in [5, 5.41) is 3.51. The first kappa shape index (κ1) is 10.6. The van der Waals surface area contributed by atoms with Gasteiger partial charge in [-0.3, -0.25) is 10.1 Å². The average molecular weight is 222 g/mol. The van der Waals surface area contributed by atoms with Crippen molar-refractivity contribution in [2.45, 2.75) is 57.7 Å². The van der Waals surface area contributed by atoms with Crippen molar-refractivity contribution >= 4 is 5.91 Å². The summed E-state index contributed by atoms with van der Waals surface area (Å²) >= 11 is 0. The van der Waals surface area contributed by atoms with Crippen molar-refractivity contribution in [3.05, 3.63) is 0 Å². The van der Waals surface area contributed by atoms with Crippen molar-refractivity contribution in [2.24, 2.45) is 11.8 Å². The van der Waals surface area contributed by atoms with Crippen LogP contribution in [0.4, 0.5) is 0 Å². The topological polar surface area (TPSA) is 32.3 Å². The summed E-state index contributed by atoms with van der Waals surface area (Å²) in [7, 11) is 0. The molecule has 1 aliphatic heterocycles. The molecule has 0 bridgehead atoms. The van der Waals surface area contributed by atoms with Crippen molar-refractivity contribution in [1.29, 1.82) is 0 Å². The highest BCUT2D eigenvalue weighted by Gasteiger charge is 2.43. The van der Waals surface area contributed by atoms with Crippen molar-refractivity contribution in [1.82, 2.24) is 10.2 Å². The van der Waals surface area contributed by atoms with Gasteiger partial charge < -0.3 is 4.90 Å². The van der Waals surface area contributed by atoms with E-state index in [0.29, 0.717) is 18.0 Å². The van der Waals surface area contributed by atoms with Crippen molar-refractivity contribution in [3.63, 3.8) is 0 Å². The molecule has 3 rings (SSSR count). The molecule has 0 aromatic rings. The van der Waals surface area contributed by atoms with Crippen LogP contribution in [0.3, 0.4) is 0 Å². The number of nitrogens with one attached hydrogen (secondary N) is 1. The van der Waals surface area contributed by atoms with Gasteiger partial charge in [0.2, 0.25) is 5.91 Å². The smallest absolute Gasteiger partial charge is 0.240 e. The summed E-state index contributed by atoms with van der Waals surface area (Å²) in [6.45, 7) is 3.02. The number of carbonyl (C=O) groups excluding carboxylic acids is 1. The third kappa shape index (κ3) is 1.86. The Bertz CT molecular complexity index is 282. The van der Waals surface area contributed by atoms with Crippen LogP contribution in [0.5, 0.6) is 0 Å². The maximum absolute atomic E-state index is 12.1. The minimum absolute atomic E-state index is 0.0457. The van der Waals surface area contributed by atoms with Gasteiger partial charge in [-0.2, -0.15) is 0 Å². The summed E-state index contributed by atoms with van der Waals surface area (Å²) in [6, 6.07) is 0.0457. The summed E-state index contributed by atoms with van der Waals surface area (Å²) in [6.07, 6.45) is 8.32. The van der Waals surface area contributed by atoms with E-state index >= 15 is 0 Å². The second-order valence-electron chi connectivity index (χ2n) is 5.81. The molecule has 0 aromatic heterocycles. The third-order valence-electron chi connectivity index (χ3n) is 4.41. The van der Waals surface area contributed by atoms with E-state index in [0.717, 1.165) is 12.5 Å². The predicted molar refractivity (Wildman–Crippen MR) is 62.8 cm³/mol. The van der Waals surface area contributed by atoms with Crippen molar-refractivity contribution in [3.8, 4) is 0 Å². The molecular weight excluding hydrogens is 200 g/mol. The van der Waals surface area contributed by atoms with E-state index in [1.165, 1.54) is 38.5 Å². The number of amides is 1. The Kier molecular flexibility index (Phi) is 2.66. The lowest BCUT2D eigenvalue weighted by atomic mass is 10.0. The maximum atomic E-state index is 12.1. The Labute approximate surface area is 97.6 Å². The molecule has 2 unspecified atom stereocenters. The van der Waals surface area contributed by atoms with Gasteiger partial charge in [-0.15, -0.1) is 0 Å². The Morgan fingerprint density at radius 2 is 1.94 bits per heavy atom. The molecule has 3 heteroatoms. The summed E-state index contributed by atoms with van der Waals surface area (Å²) in [5.41, 5.74) is 0. The molecule has 3 fully saturated rings. The van der Waals surface area contributed by atoms with Crippen LogP contribution in [-0.4, -0.2) is 29.6 Å². The molecule has 0 radical (unpaired) electrons. The van der Waals surface area contributed by atoms with Crippen LogP contribution in [0.25, 0.3) is 0 Å². The maximum Gasteiger partial charge on any atom is 0.240 e. The van der Waals surface area contributed by atoms with Gasteiger partial charge in [-0.1, -0.05) is 12.8 Å². The second-order valence-corrected chi connectivity index (χ2v) is 5.81. The van der Waals surface area contributed by atoms with E-state index in [9.17, 15) is 4.79 Å². The number of carbonyl (C=O) groups is 1. The zero-order chi connectivity index (χ0) is 11.1. The number of nitrogens with zero attached hydrogens (tertiary/aromatic N) is 1. The van der Waals surface area contributed by atoms with Crippen LogP contribution >= 0.6 is 0 Å². The first-order chi connectivity index (χ1) is 7.75. The van der Waals surface area contributed by atoms with E-state index in [-0.39, 0.29) is 6.04 Å². The number of rotatable bonds is 3. The highest BCUT2D eigenvalue weighted by Crippen LogP contribution is 2.36. The van der Waals surface area contributed by atoms with Gasteiger partial charge in [0.05, 0.1) is 12.2 Å². The van der Waals surface area contributed by atoms with Crippen LogP contribution in [0, 0.1) is 11.8 Å². The summed E-state index contributed by atoms with van der Waals surface area (Å²) in [5.74, 6) is 1.86. The lowest BCUT2D eigenvalue weighted by molar-refractivity contribution is -0.130. The zero-order valence-electron chi connectivity index (χ0n) is 10.1. The van der Waals surface area contributed by atoms with Crippen molar-refractivity contribution < 1.29 is 4.79 Å². The molecule has 2 saturated carbocycles. The monoisotopic (exact) mass is 222 g/mol. The summed E-state index contributed by atoms with van der Waals surface area (Å²) < 4.78 is 0. The van der Waals surface area contributed by atoms with Gasteiger partial charge in [0.1, 0.15) is 0 Å². The van der Waals surface area contributed by atoms with Gasteiger partial charge in [-0.25, -0.2) is 0 Å². The molecule has 1 heterocycles. The van der Waals surface area contributed by atoms with Crippen LogP contribution < -0.4 is 5.32 Å². The van der Waals surface area contributed by atoms with E-state index in [1.807, 2.05) is 6.92 Å². The van der Waals surface area contributed by atoms with E-state index in [2.05, 4.69) is 10.2 Å². The molecule has 1 amide bonds. The van der Waals surface area contributed by atoms with Gasteiger partial charge in [-0.05, 0) is 44.4 Å². The highest BCUT2D eigenvalue weighted by atomic mass is 16.2. The van der Waals surface area contributed by atoms with Crippen LogP contribution in [0.2, 0.25) is 0 Å². The Balaban J connectivity index is 1.70. The average Bonchev–Trinajstić information content (AvgIpc) is 2.84. The number of hydrogen-bond donors (Lipinski definition) is 1. The fourth-order valence-corrected chi connectivity index (χ4v) is 3.25. The van der Waals surface area contributed by atoms with Crippen molar-refractivity contribution in [2.75, 3.05) is 6.54 Å². The Morgan fingerprint density at radius 3 is 2.56 bits per heavy atom. The fourth-order valence-electron chi connectivity index (χ4n) is 3.25. The van der Waals surface area contributed by atoms with Gasteiger partial charge in [0.15, 0.2) is 0 Å². The van der Waals surface area contributed by atoms with Crippen LogP contribution in [0.15, 0.2) is 0 Å². The predicted octanol–water partition coefficient (Wildman–Crippen LogP) is 1.73. The normalized spacial score (nSPS) is 36.3. The molecule has 16 heavy (non-hydrogen) atoms. The highest BCUT2D eigenvalue weighted by molar-refractivity contribution is 5.84. The Hall–Kier alpha value is -0.570. The molecule has 3 nitrogen and oxygen atoms in total. The lowest BCUT2D eigenvalue weighted by Gasteiger charge is -2.29. The minimum atomic E-state index is 0.0457. The van der Waals surface area contributed by atoms with Gasteiger partial charge in [0.25, 0.3) is 0 Å². The van der Waals surface area contributed by atoms with Gasteiger partial charge in [0, 0.05) is 6.54 Å². The molecule has 1 N–H and O–H groups in total. The van der Waals surface area contributed by atoms with E-state index in [4.69, 9.17) is 0 Å². The minimum Gasteiger partial charge on any atom is -0.325 e. The van der Waals surface area contributed by atoms with E-state index < -0.39 is 0 Å². The largest absolute Gasteiger partial charge is 0.325 e. The third-order valence-corrected chi connectivity index (χ3v) is 4.41. The second kappa shape index (κ2) is 4.02. The first-order valence-corrected chi connectivity index (χ1v) is 6.82. The number of hydrogen-bond acceptors (Lipinski definition) is 2. The SMILES string of the molecule is CC1NC(C2CCCC2)N(CC2CC2)C1=O. The fraction of sp³-hybridized carbons (Fsp3) is 0.923. The molecular formula is C13H22N2O. The molecule has 0 spiro atoms. The molecule has 90 valence electrons. The molecule has 2 atom stereocenters. The van der Waals surface area contributed by atoms with Crippen LogP contribution in [0.1, 0.15) is 45.4 Å². The Morgan fingerprint density at radius 1 is 1.25 bits per heavy atom. The standard InChI is InChI=1S/C13H22N2O/c1-9-13(16)15(8-10-6-7-10)12(14-9)11-4-2-3-5-11/h9-12,14H,2-8H2,1H3. The molecule has 2 aliphatic carbocycles. The van der Waals surface area contributed by atoms with Gasteiger partial charge >= 0.3 is 0 Å².